The lowest BCUT2D eigenvalue weighted by Gasteiger charge is -2.32. The van der Waals surface area contributed by atoms with Gasteiger partial charge in [-0.25, -0.2) is 0 Å². The number of nitrogens with one attached hydrogen (secondary N) is 1. The van der Waals surface area contributed by atoms with Crippen molar-refractivity contribution in [3.8, 4) is 0 Å². The van der Waals surface area contributed by atoms with Gasteiger partial charge in [-0.1, -0.05) is 0 Å². The Labute approximate surface area is 115 Å². The van der Waals surface area contributed by atoms with Gasteiger partial charge in [0.15, 0.2) is 0 Å². The van der Waals surface area contributed by atoms with Crippen LogP contribution in [0.5, 0.6) is 0 Å². The van der Waals surface area contributed by atoms with E-state index in [9.17, 15) is 0 Å². The van der Waals surface area contributed by atoms with E-state index in [0.29, 0.717) is 6.04 Å². The number of nitrogens with zero attached hydrogens (tertiary/aromatic N) is 1. The van der Waals surface area contributed by atoms with Crippen molar-refractivity contribution in [1.29, 1.82) is 0 Å². The fraction of sp³-hybridized carbons (Fsp3) is 0.733. The van der Waals surface area contributed by atoms with Crippen LogP contribution >= 0.6 is 11.3 Å². The van der Waals surface area contributed by atoms with Crippen LogP contribution in [0.25, 0.3) is 0 Å². The lowest BCUT2D eigenvalue weighted by atomic mass is 9.98. The average molecular weight is 266 g/mol. The largest absolute Gasteiger partial charge is 0.316 e. The van der Waals surface area contributed by atoms with Crippen molar-refractivity contribution in [2.75, 3.05) is 26.2 Å². The maximum atomic E-state index is 3.52. The van der Waals surface area contributed by atoms with Crippen LogP contribution in [0.1, 0.15) is 32.3 Å². The van der Waals surface area contributed by atoms with Crippen LogP contribution < -0.4 is 5.32 Å². The first-order valence-electron chi connectivity index (χ1n) is 7.21. The molecule has 0 amide bonds. The topological polar surface area (TPSA) is 15.3 Å². The third-order valence-electron chi connectivity index (χ3n) is 3.89. The Bertz CT molecular complexity index is 315. The zero-order valence-electron chi connectivity index (χ0n) is 11.7. The van der Waals surface area contributed by atoms with Crippen molar-refractivity contribution in [2.24, 2.45) is 5.92 Å². The van der Waals surface area contributed by atoms with Crippen LogP contribution in [-0.2, 0) is 6.42 Å². The second-order valence-corrected chi connectivity index (χ2v) is 6.46. The van der Waals surface area contributed by atoms with Crippen molar-refractivity contribution in [1.82, 2.24) is 10.2 Å². The summed E-state index contributed by atoms with van der Waals surface area (Å²) in [5.74, 6) is 0.851. The lowest BCUT2D eigenvalue weighted by molar-refractivity contribution is 0.173. The van der Waals surface area contributed by atoms with Gasteiger partial charge < -0.3 is 10.2 Å². The maximum absolute atomic E-state index is 3.52. The van der Waals surface area contributed by atoms with E-state index in [1.54, 1.807) is 11.3 Å². The fourth-order valence-corrected chi connectivity index (χ4v) is 3.38. The summed E-state index contributed by atoms with van der Waals surface area (Å²) in [6, 6.07) is 2.91. The molecule has 1 aliphatic rings. The van der Waals surface area contributed by atoms with E-state index >= 15 is 0 Å². The summed E-state index contributed by atoms with van der Waals surface area (Å²) in [7, 11) is 0. The highest BCUT2D eigenvalue weighted by Gasteiger charge is 2.18. The Morgan fingerprint density at radius 1 is 1.50 bits per heavy atom. The molecule has 0 aliphatic carbocycles. The summed E-state index contributed by atoms with van der Waals surface area (Å²) in [6.07, 6.45) is 3.94. The van der Waals surface area contributed by atoms with Crippen LogP contribution in [0, 0.1) is 5.92 Å². The van der Waals surface area contributed by atoms with Gasteiger partial charge in [0, 0.05) is 19.1 Å². The van der Waals surface area contributed by atoms with Crippen molar-refractivity contribution in [3.63, 3.8) is 0 Å². The molecule has 18 heavy (non-hydrogen) atoms. The summed E-state index contributed by atoms with van der Waals surface area (Å²) < 4.78 is 0. The highest BCUT2D eigenvalue weighted by Crippen LogP contribution is 2.15. The SMILES string of the molecule is CC(C)N(CCc1ccsc1)CC1CCCNC1. The quantitative estimate of drug-likeness (QED) is 0.851. The molecule has 2 nitrogen and oxygen atoms in total. The Kier molecular flexibility index (Phi) is 5.67. The van der Waals surface area contributed by atoms with Gasteiger partial charge >= 0.3 is 0 Å². The highest BCUT2D eigenvalue weighted by atomic mass is 32.1. The van der Waals surface area contributed by atoms with Crippen molar-refractivity contribution >= 4 is 11.3 Å². The van der Waals surface area contributed by atoms with E-state index in [1.165, 1.54) is 51.0 Å². The van der Waals surface area contributed by atoms with E-state index in [1.807, 2.05) is 0 Å². The molecule has 1 unspecified atom stereocenters. The van der Waals surface area contributed by atoms with Gasteiger partial charge in [0.1, 0.15) is 0 Å². The molecule has 102 valence electrons. The minimum atomic E-state index is 0.658. The van der Waals surface area contributed by atoms with Gasteiger partial charge in [-0.2, -0.15) is 11.3 Å². The van der Waals surface area contributed by atoms with Gasteiger partial charge in [0.25, 0.3) is 0 Å². The predicted octanol–water partition coefficient (Wildman–Crippen LogP) is 3.00. The number of piperidine rings is 1. The molecule has 1 saturated heterocycles. The van der Waals surface area contributed by atoms with Crippen molar-refractivity contribution < 1.29 is 0 Å². The first kappa shape index (κ1) is 14.0. The molecule has 0 saturated carbocycles. The zero-order chi connectivity index (χ0) is 12.8. The molecular weight excluding hydrogens is 240 g/mol. The molecule has 0 spiro atoms. The predicted molar refractivity (Wildman–Crippen MR) is 80.3 cm³/mol. The molecule has 1 aromatic heterocycles. The molecule has 2 rings (SSSR count). The zero-order valence-corrected chi connectivity index (χ0v) is 12.5. The van der Waals surface area contributed by atoms with Crippen LogP contribution in [0.15, 0.2) is 16.8 Å². The van der Waals surface area contributed by atoms with Gasteiger partial charge in [0.05, 0.1) is 0 Å². The fourth-order valence-electron chi connectivity index (χ4n) is 2.68. The molecular formula is C15H26N2S. The average Bonchev–Trinajstić information content (AvgIpc) is 2.88. The number of hydrogen-bond acceptors (Lipinski definition) is 3. The first-order chi connectivity index (χ1) is 8.75. The molecule has 1 atom stereocenters. The standard InChI is InChI=1S/C15H26N2S/c1-13(2)17(8-5-14-6-9-18-12-14)11-15-4-3-7-16-10-15/h6,9,12-13,15-16H,3-5,7-8,10-11H2,1-2H3. The Morgan fingerprint density at radius 2 is 2.39 bits per heavy atom. The van der Waals surface area contributed by atoms with Crippen LogP contribution in [0.4, 0.5) is 0 Å². The van der Waals surface area contributed by atoms with E-state index in [2.05, 4.69) is 40.9 Å². The Balaban J connectivity index is 1.79. The summed E-state index contributed by atoms with van der Waals surface area (Å²) >= 11 is 1.81. The molecule has 1 N–H and O–H groups in total. The Morgan fingerprint density at radius 3 is 3.00 bits per heavy atom. The summed E-state index contributed by atoms with van der Waals surface area (Å²) in [5, 5.41) is 7.98. The van der Waals surface area contributed by atoms with Gasteiger partial charge in [-0.05, 0) is 74.5 Å². The number of rotatable bonds is 6. The van der Waals surface area contributed by atoms with E-state index < -0.39 is 0 Å². The first-order valence-corrected chi connectivity index (χ1v) is 8.16. The third-order valence-corrected chi connectivity index (χ3v) is 4.62. The van der Waals surface area contributed by atoms with Crippen molar-refractivity contribution in [3.05, 3.63) is 22.4 Å². The molecule has 2 heterocycles. The highest BCUT2D eigenvalue weighted by molar-refractivity contribution is 7.07. The minimum absolute atomic E-state index is 0.658. The second-order valence-electron chi connectivity index (χ2n) is 5.68. The summed E-state index contributed by atoms with van der Waals surface area (Å²) in [4.78, 5) is 2.65. The second kappa shape index (κ2) is 7.27. The number of hydrogen-bond donors (Lipinski definition) is 1. The lowest BCUT2D eigenvalue weighted by Crippen LogP contribution is -2.42. The molecule has 1 aromatic rings. The number of thiophene rings is 1. The van der Waals surface area contributed by atoms with E-state index in [4.69, 9.17) is 0 Å². The normalized spacial score (nSPS) is 20.8. The molecule has 0 radical (unpaired) electrons. The van der Waals surface area contributed by atoms with Crippen molar-refractivity contribution in [2.45, 2.75) is 39.2 Å². The summed E-state index contributed by atoms with van der Waals surface area (Å²) in [5.41, 5.74) is 1.49. The maximum Gasteiger partial charge on any atom is 0.00388 e. The monoisotopic (exact) mass is 266 g/mol. The minimum Gasteiger partial charge on any atom is -0.316 e. The molecule has 0 bridgehead atoms. The van der Waals surface area contributed by atoms with Gasteiger partial charge in [-0.15, -0.1) is 0 Å². The van der Waals surface area contributed by atoms with E-state index in [0.717, 1.165) is 5.92 Å². The van der Waals surface area contributed by atoms with Crippen LogP contribution in [0.2, 0.25) is 0 Å². The van der Waals surface area contributed by atoms with Gasteiger partial charge in [0.2, 0.25) is 0 Å². The van der Waals surface area contributed by atoms with E-state index in [-0.39, 0.29) is 0 Å². The summed E-state index contributed by atoms with van der Waals surface area (Å²) in [6.45, 7) is 9.53. The Hall–Kier alpha value is -0.380. The molecule has 0 aromatic carbocycles. The van der Waals surface area contributed by atoms with Gasteiger partial charge in [-0.3, -0.25) is 0 Å². The molecule has 1 aliphatic heterocycles. The van der Waals surface area contributed by atoms with Crippen LogP contribution in [0.3, 0.4) is 0 Å². The molecule has 1 fully saturated rings. The third kappa shape index (κ3) is 4.38. The van der Waals surface area contributed by atoms with Crippen LogP contribution in [-0.4, -0.2) is 37.1 Å². The molecule has 3 heteroatoms. The smallest absolute Gasteiger partial charge is 0.00388 e.